The first kappa shape index (κ1) is 27.8. The number of thiazole rings is 1. The van der Waals surface area contributed by atoms with Crippen LogP contribution in [-0.4, -0.2) is 35.9 Å². The summed E-state index contributed by atoms with van der Waals surface area (Å²) in [6, 6.07) is 7.77. The Kier molecular flexibility index (Phi) is 13.3. The third kappa shape index (κ3) is 9.87. The van der Waals surface area contributed by atoms with Gasteiger partial charge in [-0.05, 0) is 50.1 Å². The van der Waals surface area contributed by atoms with Crippen molar-refractivity contribution < 1.29 is 9.59 Å². The summed E-state index contributed by atoms with van der Waals surface area (Å²) in [6.45, 7) is 1.60. The number of nitrogens with one attached hydrogen (secondary N) is 3. The maximum Gasteiger partial charge on any atom is 0.257 e. The first-order valence-electron chi connectivity index (χ1n) is 10.1. The van der Waals surface area contributed by atoms with Crippen LogP contribution in [0.5, 0.6) is 0 Å². The molecule has 172 valence electrons. The van der Waals surface area contributed by atoms with Crippen LogP contribution >= 0.6 is 52.1 Å². The molecule has 1 aromatic heterocycles. The molecule has 10 heteroatoms. The third-order valence-electron chi connectivity index (χ3n) is 4.93. The van der Waals surface area contributed by atoms with E-state index < -0.39 is 0 Å². The smallest absolute Gasteiger partial charge is 0.257 e. The minimum absolute atomic E-state index is 0. The van der Waals surface area contributed by atoms with E-state index in [0.29, 0.717) is 29.0 Å². The van der Waals surface area contributed by atoms with Gasteiger partial charge >= 0.3 is 0 Å². The quantitative estimate of drug-likeness (QED) is 0.384. The van der Waals surface area contributed by atoms with Gasteiger partial charge in [0.25, 0.3) is 5.91 Å². The van der Waals surface area contributed by atoms with Gasteiger partial charge in [0, 0.05) is 28.0 Å². The lowest BCUT2D eigenvalue weighted by Gasteiger charge is -2.22. The standard InChI is InChI=1S/C21H27BrN4O2S.2ClH/c22-16-9-7-15(8-10-16)20(28)26-21-25-18(14-29-21)13-19(27)24-12-4-11-23-17-5-2-1-3-6-17;;/h7-10,14,17,23H,1-6,11-13H2,(H,24,27)(H,25,26,28);2*1H. The highest BCUT2D eigenvalue weighted by molar-refractivity contribution is 9.10. The summed E-state index contributed by atoms with van der Waals surface area (Å²) in [7, 11) is 0. The molecule has 0 unspecified atom stereocenters. The Balaban J connectivity index is 0.00000240. The van der Waals surface area contributed by atoms with Gasteiger partial charge in [-0.3, -0.25) is 14.9 Å². The van der Waals surface area contributed by atoms with E-state index in [9.17, 15) is 9.59 Å². The Morgan fingerprint density at radius 3 is 2.48 bits per heavy atom. The van der Waals surface area contributed by atoms with Gasteiger partial charge in [-0.1, -0.05) is 35.2 Å². The number of anilines is 1. The molecule has 0 aliphatic heterocycles. The zero-order chi connectivity index (χ0) is 20.5. The average Bonchev–Trinajstić information content (AvgIpc) is 3.15. The van der Waals surface area contributed by atoms with Crippen molar-refractivity contribution in [2.24, 2.45) is 0 Å². The summed E-state index contributed by atoms with van der Waals surface area (Å²) in [5, 5.41) is 11.6. The molecule has 31 heavy (non-hydrogen) atoms. The van der Waals surface area contributed by atoms with Crippen LogP contribution in [0.2, 0.25) is 0 Å². The number of amides is 2. The summed E-state index contributed by atoms with van der Waals surface area (Å²) < 4.78 is 0.918. The summed E-state index contributed by atoms with van der Waals surface area (Å²) in [5.41, 5.74) is 1.23. The molecule has 2 aromatic rings. The molecule has 0 radical (unpaired) electrons. The minimum atomic E-state index is -0.215. The summed E-state index contributed by atoms with van der Waals surface area (Å²) in [5.74, 6) is -0.257. The number of hydrogen-bond acceptors (Lipinski definition) is 5. The number of carbonyl (C=O) groups is 2. The van der Waals surface area contributed by atoms with E-state index in [1.54, 1.807) is 17.5 Å². The Morgan fingerprint density at radius 2 is 1.77 bits per heavy atom. The van der Waals surface area contributed by atoms with E-state index in [1.165, 1.54) is 43.4 Å². The lowest BCUT2D eigenvalue weighted by molar-refractivity contribution is -0.120. The van der Waals surface area contributed by atoms with Crippen LogP contribution < -0.4 is 16.0 Å². The lowest BCUT2D eigenvalue weighted by Crippen LogP contribution is -2.34. The highest BCUT2D eigenvalue weighted by Gasteiger charge is 2.13. The second kappa shape index (κ2) is 14.8. The molecule has 2 amide bonds. The van der Waals surface area contributed by atoms with Gasteiger partial charge in [0.05, 0.1) is 12.1 Å². The maximum atomic E-state index is 12.2. The molecule has 0 spiro atoms. The second-order valence-corrected chi connectivity index (χ2v) is 9.05. The van der Waals surface area contributed by atoms with Crippen molar-refractivity contribution in [2.45, 2.75) is 51.0 Å². The van der Waals surface area contributed by atoms with Crippen LogP contribution in [0, 0.1) is 0 Å². The third-order valence-corrected chi connectivity index (χ3v) is 6.27. The molecule has 1 aromatic carbocycles. The van der Waals surface area contributed by atoms with Gasteiger partial charge in [0.1, 0.15) is 0 Å². The molecule has 1 aliphatic carbocycles. The van der Waals surface area contributed by atoms with Gasteiger partial charge in [0.15, 0.2) is 5.13 Å². The van der Waals surface area contributed by atoms with Gasteiger partial charge in [-0.25, -0.2) is 4.98 Å². The van der Waals surface area contributed by atoms with Crippen LogP contribution in [0.4, 0.5) is 5.13 Å². The number of nitrogens with zero attached hydrogens (tertiary/aromatic N) is 1. The van der Waals surface area contributed by atoms with Crippen molar-refractivity contribution in [1.29, 1.82) is 0 Å². The second-order valence-electron chi connectivity index (χ2n) is 7.27. The summed E-state index contributed by atoms with van der Waals surface area (Å²) in [6.07, 6.45) is 7.71. The van der Waals surface area contributed by atoms with Gasteiger partial charge in [-0.15, -0.1) is 36.2 Å². The number of halogens is 3. The fraction of sp³-hybridized carbons (Fsp3) is 0.476. The van der Waals surface area contributed by atoms with Crippen molar-refractivity contribution >= 4 is 69.0 Å². The van der Waals surface area contributed by atoms with Crippen molar-refractivity contribution in [3.8, 4) is 0 Å². The highest BCUT2D eigenvalue weighted by Crippen LogP contribution is 2.18. The number of carbonyl (C=O) groups excluding carboxylic acids is 2. The molecule has 1 fully saturated rings. The van der Waals surface area contributed by atoms with Crippen molar-refractivity contribution in [1.82, 2.24) is 15.6 Å². The average molecular weight is 552 g/mol. The molecular formula is C21H29BrCl2N4O2S. The Morgan fingerprint density at radius 1 is 1.06 bits per heavy atom. The zero-order valence-corrected chi connectivity index (χ0v) is 21.2. The van der Waals surface area contributed by atoms with Gasteiger partial charge < -0.3 is 10.6 Å². The molecular weight excluding hydrogens is 523 g/mol. The van der Waals surface area contributed by atoms with Crippen molar-refractivity contribution in [3.05, 3.63) is 45.4 Å². The van der Waals surface area contributed by atoms with E-state index in [1.807, 2.05) is 12.1 Å². The van der Waals surface area contributed by atoms with Gasteiger partial charge in [-0.2, -0.15) is 0 Å². The normalized spacial score (nSPS) is 13.6. The van der Waals surface area contributed by atoms with Crippen LogP contribution in [-0.2, 0) is 11.2 Å². The molecule has 3 N–H and O–H groups in total. The van der Waals surface area contributed by atoms with E-state index in [2.05, 4.69) is 36.9 Å². The van der Waals surface area contributed by atoms with E-state index >= 15 is 0 Å². The fourth-order valence-electron chi connectivity index (χ4n) is 3.37. The predicted octanol–water partition coefficient (Wildman–Crippen LogP) is 4.97. The maximum absolute atomic E-state index is 12.2. The number of aromatic nitrogens is 1. The monoisotopic (exact) mass is 550 g/mol. The van der Waals surface area contributed by atoms with Gasteiger partial charge in [0.2, 0.25) is 5.91 Å². The molecule has 1 saturated carbocycles. The van der Waals surface area contributed by atoms with Crippen LogP contribution in [0.3, 0.4) is 0 Å². The molecule has 1 aliphatic rings. The van der Waals surface area contributed by atoms with E-state index in [4.69, 9.17) is 0 Å². The highest BCUT2D eigenvalue weighted by atomic mass is 79.9. The topological polar surface area (TPSA) is 83.1 Å². The van der Waals surface area contributed by atoms with Crippen LogP contribution in [0.25, 0.3) is 0 Å². The van der Waals surface area contributed by atoms with Crippen molar-refractivity contribution in [2.75, 3.05) is 18.4 Å². The molecule has 0 bridgehead atoms. The molecule has 1 heterocycles. The Bertz CT molecular complexity index is 814. The lowest BCUT2D eigenvalue weighted by atomic mass is 9.95. The number of benzene rings is 1. The summed E-state index contributed by atoms with van der Waals surface area (Å²) >= 11 is 4.67. The zero-order valence-electron chi connectivity index (χ0n) is 17.2. The fourth-order valence-corrected chi connectivity index (χ4v) is 4.34. The first-order valence-corrected chi connectivity index (χ1v) is 11.8. The Labute approximate surface area is 208 Å². The summed E-state index contributed by atoms with van der Waals surface area (Å²) in [4.78, 5) is 28.7. The van der Waals surface area contributed by atoms with E-state index in [0.717, 1.165) is 17.4 Å². The first-order chi connectivity index (χ1) is 14.1. The molecule has 3 rings (SSSR count). The van der Waals surface area contributed by atoms with Crippen LogP contribution in [0.15, 0.2) is 34.1 Å². The van der Waals surface area contributed by atoms with Crippen molar-refractivity contribution in [3.63, 3.8) is 0 Å². The molecule has 0 atom stereocenters. The largest absolute Gasteiger partial charge is 0.356 e. The van der Waals surface area contributed by atoms with E-state index in [-0.39, 0.29) is 43.0 Å². The number of hydrogen-bond donors (Lipinski definition) is 3. The number of rotatable bonds is 9. The SMILES string of the molecule is Cl.Cl.O=C(Cc1csc(NC(=O)c2ccc(Br)cc2)n1)NCCCNC1CCCCC1. The predicted molar refractivity (Wildman–Crippen MR) is 135 cm³/mol. The molecule has 6 nitrogen and oxygen atoms in total. The van der Waals surface area contributed by atoms with Crippen LogP contribution in [0.1, 0.15) is 54.6 Å². The Hall–Kier alpha value is -1.19. The molecule has 0 saturated heterocycles. The minimum Gasteiger partial charge on any atom is -0.356 e.